The van der Waals surface area contributed by atoms with Gasteiger partial charge in [0.15, 0.2) is 9.84 Å². The topological polar surface area (TPSA) is 49.4 Å². The van der Waals surface area contributed by atoms with Gasteiger partial charge in [-0.25, -0.2) is 8.42 Å². The largest absolute Gasteiger partial charge is 0.313 e. The molecule has 2 rings (SSSR count). The zero-order valence-corrected chi connectivity index (χ0v) is 13.9. The fraction of sp³-hybridized carbons (Fsp3) is 0.625. The molecule has 1 N–H and O–H groups in total. The summed E-state index contributed by atoms with van der Waals surface area (Å²) in [6.07, 6.45) is 0.765. The lowest BCUT2D eigenvalue weighted by Crippen LogP contribution is -2.39. The van der Waals surface area contributed by atoms with E-state index in [1.165, 1.54) is 5.56 Å². The van der Waals surface area contributed by atoms with Crippen LogP contribution in [0.2, 0.25) is 0 Å². The zero-order chi connectivity index (χ0) is 15.5. The van der Waals surface area contributed by atoms with Crippen molar-refractivity contribution in [2.75, 3.05) is 32.1 Å². The Bertz CT molecular complexity index is 545. The van der Waals surface area contributed by atoms with E-state index >= 15 is 0 Å². The first-order valence-corrected chi connectivity index (χ1v) is 9.38. The second-order valence-corrected chi connectivity index (χ2v) is 8.38. The van der Waals surface area contributed by atoms with Crippen LogP contribution in [0.4, 0.5) is 0 Å². The minimum Gasteiger partial charge on any atom is -0.313 e. The summed E-state index contributed by atoms with van der Waals surface area (Å²) in [5.74, 6) is 1.06. The quantitative estimate of drug-likeness (QED) is 0.869. The normalized spacial score (nSPS) is 24.1. The van der Waals surface area contributed by atoms with Crippen LogP contribution in [0.1, 0.15) is 24.9 Å². The lowest BCUT2D eigenvalue weighted by Gasteiger charge is -2.31. The van der Waals surface area contributed by atoms with Crippen LogP contribution in [-0.4, -0.2) is 51.5 Å². The number of hydrogen-bond donors (Lipinski definition) is 1. The van der Waals surface area contributed by atoms with Gasteiger partial charge in [0.25, 0.3) is 0 Å². The highest BCUT2D eigenvalue weighted by atomic mass is 32.2. The zero-order valence-electron chi connectivity index (χ0n) is 13.1. The maximum atomic E-state index is 11.6. The van der Waals surface area contributed by atoms with Gasteiger partial charge >= 0.3 is 0 Å². The van der Waals surface area contributed by atoms with Crippen LogP contribution < -0.4 is 5.32 Å². The number of nitrogens with zero attached hydrogens (tertiary/aromatic N) is 1. The lowest BCUT2D eigenvalue weighted by molar-refractivity contribution is 0.206. The molecule has 0 amide bonds. The molecule has 1 saturated heterocycles. The van der Waals surface area contributed by atoms with E-state index in [1.807, 2.05) is 20.2 Å². The van der Waals surface area contributed by atoms with Crippen molar-refractivity contribution in [3.8, 4) is 0 Å². The summed E-state index contributed by atoms with van der Waals surface area (Å²) < 4.78 is 23.2. The Kier molecular flexibility index (Phi) is 5.41. The summed E-state index contributed by atoms with van der Waals surface area (Å²) in [5.41, 5.74) is 1.28. The molecule has 0 spiro atoms. The smallest absolute Gasteiger partial charge is 0.151 e. The van der Waals surface area contributed by atoms with Crippen LogP contribution in [0.5, 0.6) is 0 Å². The van der Waals surface area contributed by atoms with Gasteiger partial charge in [0.2, 0.25) is 0 Å². The third kappa shape index (κ3) is 4.28. The summed E-state index contributed by atoms with van der Waals surface area (Å²) in [5, 5.41) is 3.39. The average Bonchev–Trinajstić information content (AvgIpc) is 2.81. The van der Waals surface area contributed by atoms with Crippen molar-refractivity contribution in [1.29, 1.82) is 0 Å². The summed E-state index contributed by atoms with van der Waals surface area (Å²) >= 11 is 0. The Labute approximate surface area is 128 Å². The minimum absolute atomic E-state index is 0.172. The van der Waals surface area contributed by atoms with E-state index in [0.29, 0.717) is 17.4 Å². The van der Waals surface area contributed by atoms with E-state index in [0.717, 1.165) is 13.0 Å². The Hall–Kier alpha value is -0.910. The van der Waals surface area contributed by atoms with Crippen molar-refractivity contribution in [3.05, 3.63) is 35.9 Å². The molecule has 1 aromatic rings. The number of sulfone groups is 1. The maximum Gasteiger partial charge on any atom is 0.151 e. The van der Waals surface area contributed by atoms with E-state index in [2.05, 4.69) is 41.4 Å². The van der Waals surface area contributed by atoms with E-state index in [-0.39, 0.29) is 12.1 Å². The maximum absolute atomic E-state index is 11.6. The molecule has 1 fully saturated rings. The number of rotatable bonds is 6. The molecule has 1 aliphatic rings. The van der Waals surface area contributed by atoms with Crippen molar-refractivity contribution in [3.63, 3.8) is 0 Å². The summed E-state index contributed by atoms with van der Waals surface area (Å²) in [7, 11) is 1.21. The van der Waals surface area contributed by atoms with Gasteiger partial charge in [0.1, 0.15) is 0 Å². The highest BCUT2D eigenvalue weighted by Crippen LogP contribution is 2.24. The predicted molar refractivity (Wildman–Crippen MR) is 87.1 cm³/mol. The molecule has 21 heavy (non-hydrogen) atoms. The van der Waals surface area contributed by atoms with Crippen LogP contribution in [0.15, 0.2) is 30.3 Å². The summed E-state index contributed by atoms with van der Waals surface area (Å²) in [4.78, 5) is 2.21. The molecule has 0 aromatic heterocycles. The van der Waals surface area contributed by atoms with Crippen LogP contribution in [0.3, 0.4) is 0 Å². The van der Waals surface area contributed by atoms with E-state index in [1.54, 1.807) is 0 Å². The molecule has 0 radical (unpaired) electrons. The van der Waals surface area contributed by atoms with Gasteiger partial charge in [-0.15, -0.1) is 0 Å². The molecule has 3 atom stereocenters. The van der Waals surface area contributed by atoms with Crippen molar-refractivity contribution < 1.29 is 8.42 Å². The van der Waals surface area contributed by atoms with E-state index in [4.69, 9.17) is 0 Å². The minimum atomic E-state index is -2.81. The molecule has 1 aromatic carbocycles. The third-order valence-electron chi connectivity index (χ3n) is 4.45. The van der Waals surface area contributed by atoms with Crippen molar-refractivity contribution in [2.24, 2.45) is 5.92 Å². The van der Waals surface area contributed by atoms with Crippen LogP contribution in [0.25, 0.3) is 0 Å². The molecule has 5 heteroatoms. The monoisotopic (exact) mass is 310 g/mol. The Morgan fingerprint density at radius 3 is 2.52 bits per heavy atom. The first kappa shape index (κ1) is 16.5. The molecule has 0 bridgehead atoms. The third-order valence-corrected chi connectivity index (χ3v) is 6.20. The van der Waals surface area contributed by atoms with E-state index in [9.17, 15) is 8.42 Å². The fourth-order valence-corrected chi connectivity index (χ4v) is 5.08. The summed E-state index contributed by atoms with van der Waals surface area (Å²) in [6, 6.07) is 10.9. The van der Waals surface area contributed by atoms with Gasteiger partial charge in [-0.3, -0.25) is 0 Å². The second kappa shape index (κ2) is 6.90. The van der Waals surface area contributed by atoms with Crippen molar-refractivity contribution in [2.45, 2.75) is 25.4 Å². The van der Waals surface area contributed by atoms with Gasteiger partial charge in [-0.2, -0.15) is 0 Å². The fourth-order valence-electron chi connectivity index (χ4n) is 3.27. The standard InChI is InChI=1S/C16H26N2O2S/c1-13(16(17-2)14-7-5-4-6-8-14)11-18(3)15-9-10-21(19,20)12-15/h4-8,13,15-17H,9-12H2,1-3H3. The predicted octanol–water partition coefficient (Wildman–Crippen LogP) is 1.70. The molecular weight excluding hydrogens is 284 g/mol. The SMILES string of the molecule is CNC(c1ccccc1)C(C)CN(C)C1CCS(=O)(=O)C1. The molecule has 0 aliphatic carbocycles. The first-order valence-electron chi connectivity index (χ1n) is 7.56. The highest BCUT2D eigenvalue weighted by molar-refractivity contribution is 7.91. The molecular formula is C16H26N2O2S. The van der Waals surface area contributed by atoms with Crippen LogP contribution in [0, 0.1) is 5.92 Å². The molecule has 1 heterocycles. The second-order valence-electron chi connectivity index (χ2n) is 6.15. The molecule has 0 saturated carbocycles. The summed E-state index contributed by atoms with van der Waals surface area (Å²) in [6.45, 7) is 3.11. The van der Waals surface area contributed by atoms with Gasteiger partial charge < -0.3 is 10.2 Å². The number of benzene rings is 1. The molecule has 4 nitrogen and oxygen atoms in total. The highest BCUT2D eigenvalue weighted by Gasteiger charge is 2.31. The molecule has 3 unspecified atom stereocenters. The Morgan fingerprint density at radius 1 is 1.33 bits per heavy atom. The van der Waals surface area contributed by atoms with Crippen LogP contribution in [-0.2, 0) is 9.84 Å². The Morgan fingerprint density at radius 2 is 2.00 bits per heavy atom. The molecule has 118 valence electrons. The van der Waals surface area contributed by atoms with Gasteiger partial charge in [-0.1, -0.05) is 37.3 Å². The lowest BCUT2D eigenvalue weighted by atomic mass is 9.94. The molecule has 1 aliphatic heterocycles. The van der Waals surface area contributed by atoms with Gasteiger partial charge in [0, 0.05) is 18.6 Å². The van der Waals surface area contributed by atoms with Crippen molar-refractivity contribution >= 4 is 9.84 Å². The van der Waals surface area contributed by atoms with Gasteiger partial charge in [-0.05, 0) is 32.0 Å². The average molecular weight is 310 g/mol. The van der Waals surface area contributed by atoms with Gasteiger partial charge in [0.05, 0.1) is 11.5 Å². The van der Waals surface area contributed by atoms with Crippen molar-refractivity contribution in [1.82, 2.24) is 10.2 Å². The number of hydrogen-bond acceptors (Lipinski definition) is 4. The Balaban J connectivity index is 1.98. The first-order chi connectivity index (χ1) is 9.93. The van der Waals surface area contributed by atoms with E-state index < -0.39 is 9.84 Å². The van der Waals surface area contributed by atoms with Crippen LogP contribution >= 0.6 is 0 Å². The number of nitrogens with one attached hydrogen (secondary N) is 1.